The largest absolute Gasteiger partial charge is 0.481 e. The number of nitrogens with zero attached hydrogens (tertiary/aromatic N) is 1. The van der Waals surface area contributed by atoms with E-state index in [-0.39, 0.29) is 12.3 Å². The van der Waals surface area contributed by atoms with Crippen molar-refractivity contribution in [2.24, 2.45) is 0 Å². The molecule has 0 saturated carbocycles. The number of likely N-dealkylation sites (tertiary alicyclic amines) is 1. The highest BCUT2D eigenvalue weighted by molar-refractivity contribution is 5.76. The molecule has 1 saturated heterocycles. The van der Waals surface area contributed by atoms with Gasteiger partial charge in [0.25, 0.3) is 0 Å². The third kappa shape index (κ3) is 6.00. The van der Waals surface area contributed by atoms with E-state index in [0.29, 0.717) is 25.3 Å². The van der Waals surface area contributed by atoms with E-state index in [1.807, 2.05) is 0 Å². The second-order valence-electron chi connectivity index (χ2n) is 4.88. The number of unbranched alkanes of at least 4 members (excludes halogenated alkanes) is 1. The van der Waals surface area contributed by atoms with Crippen molar-refractivity contribution in [3.05, 3.63) is 0 Å². The molecule has 0 radical (unpaired) electrons. The average molecular weight is 256 g/mol. The Morgan fingerprint density at radius 3 is 2.39 bits per heavy atom. The molecule has 1 rings (SSSR count). The highest BCUT2D eigenvalue weighted by atomic mass is 16.4. The van der Waals surface area contributed by atoms with E-state index in [2.05, 4.69) is 17.1 Å². The first-order valence-electron chi connectivity index (χ1n) is 6.85. The summed E-state index contributed by atoms with van der Waals surface area (Å²) < 4.78 is 0. The highest BCUT2D eigenvalue weighted by Crippen LogP contribution is 2.10. The van der Waals surface area contributed by atoms with Gasteiger partial charge in [0.05, 0.1) is 0 Å². The van der Waals surface area contributed by atoms with Crippen molar-refractivity contribution >= 4 is 11.9 Å². The summed E-state index contributed by atoms with van der Waals surface area (Å²) in [6, 6.07) is 0.305. The van der Waals surface area contributed by atoms with Gasteiger partial charge in [0.2, 0.25) is 5.91 Å². The Balaban J connectivity index is 2.08. The number of carboxylic acid groups (broad SMARTS) is 1. The average Bonchev–Trinajstić information content (AvgIpc) is 2.35. The van der Waals surface area contributed by atoms with Gasteiger partial charge in [-0.05, 0) is 32.2 Å². The second kappa shape index (κ2) is 8.08. The van der Waals surface area contributed by atoms with Gasteiger partial charge in [-0.25, -0.2) is 0 Å². The summed E-state index contributed by atoms with van der Waals surface area (Å²) in [7, 11) is 0. The minimum Gasteiger partial charge on any atom is -0.481 e. The fraction of sp³-hybridized carbons (Fsp3) is 0.846. The van der Waals surface area contributed by atoms with Crippen LogP contribution >= 0.6 is 0 Å². The van der Waals surface area contributed by atoms with Crippen LogP contribution in [-0.2, 0) is 9.59 Å². The molecule has 1 amide bonds. The van der Waals surface area contributed by atoms with Gasteiger partial charge in [-0.1, -0.05) is 6.92 Å². The molecule has 0 spiro atoms. The Hall–Kier alpha value is -1.10. The standard InChI is InChI=1S/C13H24N2O3/c1-2-15-9-7-11(8-10-15)14-12(16)5-3-4-6-13(17)18/h11H,2-10H2,1H3,(H,14,16)(H,17,18). The summed E-state index contributed by atoms with van der Waals surface area (Å²) >= 11 is 0. The van der Waals surface area contributed by atoms with Crippen molar-refractivity contribution in [3.8, 4) is 0 Å². The maximum atomic E-state index is 11.6. The molecule has 1 fully saturated rings. The third-order valence-electron chi connectivity index (χ3n) is 3.44. The van der Waals surface area contributed by atoms with Gasteiger partial charge >= 0.3 is 5.97 Å². The van der Waals surface area contributed by atoms with Crippen molar-refractivity contribution in [1.82, 2.24) is 10.2 Å². The molecule has 2 N–H and O–H groups in total. The molecular formula is C13H24N2O3. The molecule has 0 aliphatic carbocycles. The van der Waals surface area contributed by atoms with Crippen molar-refractivity contribution in [2.45, 2.75) is 51.5 Å². The monoisotopic (exact) mass is 256 g/mol. The fourth-order valence-electron chi connectivity index (χ4n) is 2.26. The lowest BCUT2D eigenvalue weighted by molar-refractivity contribution is -0.137. The highest BCUT2D eigenvalue weighted by Gasteiger charge is 2.19. The molecule has 0 atom stereocenters. The van der Waals surface area contributed by atoms with Crippen LogP contribution < -0.4 is 5.32 Å². The number of hydrogen-bond donors (Lipinski definition) is 2. The molecule has 0 aromatic heterocycles. The van der Waals surface area contributed by atoms with Crippen LogP contribution in [0.2, 0.25) is 0 Å². The molecule has 5 heteroatoms. The molecule has 1 aliphatic heterocycles. The number of hydrogen-bond acceptors (Lipinski definition) is 3. The Morgan fingerprint density at radius 1 is 1.22 bits per heavy atom. The summed E-state index contributed by atoms with van der Waals surface area (Å²) in [5, 5.41) is 11.5. The summed E-state index contributed by atoms with van der Waals surface area (Å²) in [4.78, 5) is 24.3. The lowest BCUT2D eigenvalue weighted by atomic mass is 10.0. The van der Waals surface area contributed by atoms with Crippen LogP contribution in [-0.4, -0.2) is 47.6 Å². The van der Waals surface area contributed by atoms with Crippen LogP contribution in [0.4, 0.5) is 0 Å². The Kier molecular flexibility index (Phi) is 6.72. The number of piperidine rings is 1. The van der Waals surface area contributed by atoms with Gasteiger partial charge in [-0.3, -0.25) is 9.59 Å². The van der Waals surface area contributed by atoms with Gasteiger partial charge in [0, 0.05) is 32.0 Å². The maximum absolute atomic E-state index is 11.6. The van der Waals surface area contributed by atoms with E-state index < -0.39 is 5.97 Å². The van der Waals surface area contributed by atoms with Crippen LogP contribution in [0, 0.1) is 0 Å². The topological polar surface area (TPSA) is 69.6 Å². The van der Waals surface area contributed by atoms with Gasteiger partial charge in [0.15, 0.2) is 0 Å². The van der Waals surface area contributed by atoms with Crippen molar-refractivity contribution in [2.75, 3.05) is 19.6 Å². The zero-order chi connectivity index (χ0) is 13.4. The first kappa shape index (κ1) is 15.0. The first-order chi connectivity index (χ1) is 8.61. The Morgan fingerprint density at radius 2 is 1.83 bits per heavy atom. The van der Waals surface area contributed by atoms with Gasteiger partial charge in [0.1, 0.15) is 0 Å². The molecule has 0 aromatic carbocycles. The predicted molar refractivity (Wildman–Crippen MR) is 69.4 cm³/mol. The van der Waals surface area contributed by atoms with E-state index in [9.17, 15) is 9.59 Å². The molecule has 0 aromatic rings. The number of carboxylic acids is 1. The number of amides is 1. The van der Waals surface area contributed by atoms with Gasteiger partial charge in [-0.15, -0.1) is 0 Å². The number of carbonyl (C=O) groups excluding carboxylic acids is 1. The molecular weight excluding hydrogens is 232 g/mol. The Labute approximate surface area is 109 Å². The lowest BCUT2D eigenvalue weighted by Gasteiger charge is -2.31. The zero-order valence-corrected chi connectivity index (χ0v) is 11.2. The summed E-state index contributed by atoms with van der Waals surface area (Å²) in [5.41, 5.74) is 0. The molecule has 5 nitrogen and oxygen atoms in total. The van der Waals surface area contributed by atoms with Crippen molar-refractivity contribution < 1.29 is 14.7 Å². The summed E-state index contributed by atoms with van der Waals surface area (Å²) in [6.07, 6.45) is 3.88. The SMILES string of the molecule is CCN1CCC(NC(=O)CCCCC(=O)O)CC1. The van der Waals surface area contributed by atoms with E-state index in [1.54, 1.807) is 0 Å². The van der Waals surface area contributed by atoms with E-state index in [4.69, 9.17) is 5.11 Å². The normalized spacial score (nSPS) is 17.6. The van der Waals surface area contributed by atoms with Gasteiger partial charge in [-0.2, -0.15) is 0 Å². The molecule has 0 unspecified atom stereocenters. The van der Waals surface area contributed by atoms with E-state index in [1.165, 1.54) is 0 Å². The third-order valence-corrected chi connectivity index (χ3v) is 3.44. The number of aliphatic carboxylic acids is 1. The van der Waals surface area contributed by atoms with Crippen LogP contribution in [0.5, 0.6) is 0 Å². The van der Waals surface area contributed by atoms with Crippen molar-refractivity contribution in [1.29, 1.82) is 0 Å². The minimum absolute atomic E-state index is 0.0651. The minimum atomic E-state index is -0.789. The second-order valence-corrected chi connectivity index (χ2v) is 4.88. The number of carbonyl (C=O) groups is 2. The molecule has 1 aliphatic rings. The maximum Gasteiger partial charge on any atom is 0.303 e. The van der Waals surface area contributed by atoms with Crippen LogP contribution in [0.3, 0.4) is 0 Å². The van der Waals surface area contributed by atoms with Crippen molar-refractivity contribution in [3.63, 3.8) is 0 Å². The summed E-state index contributed by atoms with van der Waals surface area (Å²) in [6.45, 7) is 5.35. The van der Waals surface area contributed by atoms with Crippen LogP contribution in [0.15, 0.2) is 0 Å². The van der Waals surface area contributed by atoms with E-state index in [0.717, 1.165) is 32.5 Å². The smallest absolute Gasteiger partial charge is 0.303 e. The molecule has 18 heavy (non-hydrogen) atoms. The molecule has 104 valence electrons. The Bertz CT molecular complexity index is 273. The van der Waals surface area contributed by atoms with Crippen LogP contribution in [0.1, 0.15) is 45.4 Å². The van der Waals surface area contributed by atoms with E-state index >= 15 is 0 Å². The lowest BCUT2D eigenvalue weighted by Crippen LogP contribution is -2.44. The number of nitrogens with one attached hydrogen (secondary N) is 1. The first-order valence-corrected chi connectivity index (χ1v) is 6.85. The van der Waals surface area contributed by atoms with Gasteiger partial charge < -0.3 is 15.3 Å². The quantitative estimate of drug-likeness (QED) is 0.672. The molecule has 1 heterocycles. The number of rotatable bonds is 7. The predicted octanol–water partition coefficient (Wildman–Crippen LogP) is 1.23. The van der Waals surface area contributed by atoms with Crippen LogP contribution in [0.25, 0.3) is 0 Å². The summed E-state index contributed by atoms with van der Waals surface area (Å²) in [5.74, 6) is -0.724. The zero-order valence-electron chi connectivity index (χ0n) is 11.2. The fourth-order valence-corrected chi connectivity index (χ4v) is 2.26. The molecule has 0 bridgehead atoms.